The zero-order valence-corrected chi connectivity index (χ0v) is 33.9. The molecule has 1 aliphatic heterocycles. The first-order valence-electron chi connectivity index (χ1n) is 21.3. The second-order valence-electron chi connectivity index (χ2n) is 14.9. The summed E-state index contributed by atoms with van der Waals surface area (Å²) in [6.45, 7) is 9.71. The number of ether oxygens (including phenoxy) is 2. The van der Waals surface area contributed by atoms with Crippen LogP contribution in [0.1, 0.15) is 181 Å². The van der Waals surface area contributed by atoms with Crippen molar-refractivity contribution >= 4 is 30.0 Å². The Labute approximate surface area is 320 Å². The molecule has 51 heavy (non-hydrogen) atoms. The third-order valence-electron chi connectivity index (χ3n) is 10.5. The molecular weight excluding hydrogens is 658 g/mol. The lowest BCUT2D eigenvalue weighted by molar-refractivity contribution is -0.144. The van der Waals surface area contributed by atoms with Gasteiger partial charge in [-0.25, -0.2) is 0 Å². The number of carbonyl (C=O) groups excluding carboxylic acids is 2. The predicted octanol–water partition coefficient (Wildman–Crippen LogP) is 11.5. The minimum Gasteiger partial charge on any atom is -0.464 e. The molecule has 1 aliphatic rings. The number of halogens is 1. The van der Waals surface area contributed by atoms with E-state index in [1.54, 1.807) is 0 Å². The number of anilines is 1. The largest absolute Gasteiger partial charge is 0.464 e. The van der Waals surface area contributed by atoms with Gasteiger partial charge in [0.2, 0.25) is 0 Å². The molecule has 0 atom stereocenters. The number of rotatable bonds is 33. The Kier molecular flexibility index (Phi) is 31.4. The van der Waals surface area contributed by atoms with Gasteiger partial charge in [-0.05, 0) is 43.7 Å². The maximum atomic E-state index is 12.5. The minimum atomic E-state index is -0.0788. The van der Waals surface area contributed by atoms with Crippen molar-refractivity contribution < 1.29 is 19.1 Å². The first-order chi connectivity index (χ1) is 24.6. The molecule has 0 bridgehead atoms. The van der Waals surface area contributed by atoms with E-state index >= 15 is 0 Å². The first-order valence-corrected chi connectivity index (χ1v) is 21.3. The average molecular weight is 737 g/mol. The zero-order valence-electron chi connectivity index (χ0n) is 33.1. The van der Waals surface area contributed by atoms with Crippen LogP contribution in [0.4, 0.5) is 5.69 Å². The van der Waals surface area contributed by atoms with Gasteiger partial charge in [0.05, 0.1) is 0 Å². The van der Waals surface area contributed by atoms with Crippen LogP contribution in [0.15, 0.2) is 24.5 Å². The van der Waals surface area contributed by atoms with Crippen molar-refractivity contribution in [1.29, 1.82) is 0 Å². The van der Waals surface area contributed by atoms with E-state index in [9.17, 15) is 9.59 Å². The van der Waals surface area contributed by atoms with Crippen molar-refractivity contribution in [2.24, 2.45) is 5.92 Å². The molecule has 2 rings (SSSR count). The minimum absolute atomic E-state index is 0. The van der Waals surface area contributed by atoms with Crippen LogP contribution in [0.5, 0.6) is 0 Å². The topological polar surface area (TPSA) is 72.0 Å². The van der Waals surface area contributed by atoms with E-state index < -0.39 is 0 Å². The third-order valence-corrected chi connectivity index (χ3v) is 10.5. The summed E-state index contributed by atoms with van der Waals surface area (Å²) >= 11 is 0. The van der Waals surface area contributed by atoms with E-state index in [2.05, 4.69) is 40.8 Å². The second-order valence-corrected chi connectivity index (χ2v) is 14.9. The first kappa shape index (κ1) is 47.2. The summed E-state index contributed by atoms with van der Waals surface area (Å²) in [6.07, 6.45) is 35.0. The molecule has 0 aliphatic carbocycles. The van der Waals surface area contributed by atoms with Crippen LogP contribution in [-0.4, -0.2) is 67.8 Å². The zero-order chi connectivity index (χ0) is 35.7. The number of aromatic nitrogens is 1. The van der Waals surface area contributed by atoms with E-state index in [1.165, 1.54) is 121 Å². The van der Waals surface area contributed by atoms with E-state index in [1.807, 2.05) is 12.4 Å². The van der Waals surface area contributed by atoms with Crippen LogP contribution in [-0.2, 0) is 19.1 Å². The Morgan fingerprint density at radius 3 is 1.39 bits per heavy atom. The molecule has 0 spiro atoms. The maximum Gasteiger partial charge on any atom is 0.305 e. The third kappa shape index (κ3) is 26.5. The van der Waals surface area contributed by atoms with Crippen molar-refractivity contribution in [3.63, 3.8) is 0 Å². The normalized spacial score (nSPS) is 13.4. The van der Waals surface area contributed by atoms with Crippen LogP contribution in [0.2, 0.25) is 0 Å². The number of hydrogen-bond donors (Lipinski definition) is 0. The number of hydrogen-bond acceptors (Lipinski definition) is 7. The maximum absolute atomic E-state index is 12.5. The van der Waals surface area contributed by atoms with E-state index in [-0.39, 0.29) is 24.3 Å². The highest BCUT2D eigenvalue weighted by molar-refractivity contribution is 5.85. The van der Waals surface area contributed by atoms with Gasteiger partial charge in [-0.2, -0.15) is 0 Å². The van der Waals surface area contributed by atoms with Crippen molar-refractivity contribution in [1.82, 2.24) is 9.88 Å². The Morgan fingerprint density at radius 1 is 0.627 bits per heavy atom. The van der Waals surface area contributed by atoms with Gasteiger partial charge < -0.3 is 14.4 Å². The smallest absolute Gasteiger partial charge is 0.305 e. The summed E-state index contributed by atoms with van der Waals surface area (Å²) in [5, 5.41) is 0. The lowest BCUT2D eigenvalue weighted by Crippen LogP contribution is -2.41. The van der Waals surface area contributed by atoms with Crippen molar-refractivity contribution in [2.75, 3.05) is 50.8 Å². The van der Waals surface area contributed by atoms with Gasteiger partial charge in [0, 0.05) is 63.6 Å². The Bertz CT molecular complexity index is 885. The number of piperidine rings is 1. The molecule has 0 N–H and O–H groups in total. The van der Waals surface area contributed by atoms with Gasteiger partial charge in [-0.1, -0.05) is 142 Å². The molecule has 0 saturated carbocycles. The van der Waals surface area contributed by atoms with E-state index in [0.717, 1.165) is 58.2 Å². The van der Waals surface area contributed by atoms with Gasteiger partial charge in [0.25, 0.3) is 0 Å². The summed E-state index contributed by atoms with van der Waals surface area (Å²) in [5.74, 6) is 0.419. The van der Waals surface area contributed by atoms with Crippen molar-refractivity contribution in [3.05, 3.63) is 24.5 Å². The highest BCUT2D eigenvalue weighted by Crippen LogP contribution is 2.23. The fourth-order valence-corrected chi connectivity index (χ4v) is 7.18. The second kappa shape index (κ2) is 33.9. The lowest BCUT2D eigenvalue weighted by atomic mass is 9.96. The van der Waals surface area contributed by atoms with Gasteiger partial charge in [-0.15, -0.1) is 12.4 Å². The molecule has 2 heterocycles. The number of carbonyl (C=O) groups is 2. The molecule has 1 fully saturated rings. The van der Waals surface area contributed by atoms with Gasteiger partial charge in [-0.3, -0.25) is 19.5 Å². The number of pyridine rings is 1. The number of unbranched alkanes of at least 4 members (excludes halogenated alkanes) is 20. The lowest BCUT2D eigenvalue weighted by Gasteiger charge is -2.36. The van der Waals surface area contributed by atoms with Crippen LogP contribution in [0, 0.1) is 5.92 Å². The quantitative estimate of drug-likeness (QED) is 0.0525. The molecule has 1 aromatic heterocycles. The summed E-state index contributed by atoms with van der Waals surface area (Å²) in [4.78, 5) is 33.9. The number of esters is 2. The fraction of sp³-hybridized carbons (Fsp3) is 0.837. The average Bonchev–Trinajstić information content (AvgIpc) is 3.13. The van der Waals surface area contributed by atoms with Crippen LogP contribution in [0.25, 0.3) is 0 Å². The molecular formula is C43H78ClN3O4. The van der Waals surface area contributed by atoms with E-state index in [4.69, 9.17) is 9.47 Å². The summed E-state index contributed by atoms with van der Waals surface area (Å²) in [7, 11) is 0. The number of nitrogens with zero attached hydrogens (tertiary/aromatic N) is 3. The monoisotopic (exact) mass is 736 g/mol. The highest BCUT2D eigenvalue weighted by Gasteiger charge is 2.22. The van der Waals surface area contributed by atoms with Gasteiger partial charge >= 0.3 is 11.9 Å². The van der Waals surface area contributed by atoms with Crippen LogP contribution < -0.4 is 4.90 Å². The SMILES string of the molecule is CCCCCCCCCCCCCC(=O)OCCN(CCOC(=O)CCCCCCCCCCCCC)CC1CCN(c2ccncc2)CC1.Cl. The molecule has 7 nitrogen and oxygen atoms in total. The van der Waals surface area contributed by atoms with E-state index in [0.29, 0.717) is 45.1 Å². The molecule has 1 aromatic rings. The Morgan fingerprint density at radius 2 is 1.00 bits per heavy atom. The predicted molar refractivity (Wildman–Crippen MR) is 217 cm³/mol. The Hall–Kier alpha value is -1.86. The standard InChI is InChI=1S/C43H77N3O4.ClH/c1-3-5-7-9-11-13-15-17-19-21-23-25-42(47)49-37-35-45(39-40-29-33-46(34-30-40)41-27-31-44-32-28-41)36-38-50-43(48)26-24-22-20-18-16-14-12-10-8-6-4-2;/h27-28,31-32,40H,3-26,29-30,33-39H2,1-2H3;1H. The molecule has 8 heteroatoms. The van der Waals surface area contributed by atoms with Gasteiger partial charge in [0.1, 0.15) is 13.2 Å². The molecule has 0 amide bonds. The van der Waals surface area contributed by atoms with Gasteiger partial charge in [0.15, 0.2) is 0 Å². The molecule has 0 unspecified atom stereocenters. The molecule has 0 aromatic carbocycles. The van der Waals surface area contributed by atoms with Crippen LogP contribution >= 0.6 is 12.4 Å². The Balaban J connectivity index is 0.0000130. The van der Waals surface area contributed by atoms with Crippen molar-refractivity contribution in [3.8, 4) is 0 Å². The summed E-state index contributed by atoms with van der Waals surface area (Å²) < 4.78 is 11.4. The highest BCUT2D eigenvalue weighted by atomic mass is 35.5. The van der Waals surface area contributed by atoms with Crippen molar-refractivity contribution in [2.45, 2.75) is 181 Å². The summed E-state index contributed by atoms with van der Waals surface area (Å²) in [6, 6.07) is 4.17. The van der Waals surface area contributed by atoms with Crippen LogP contribution in [0.3, 0.4) is 0 Å². The molecule has 296 valence electrons. The molecule has 1 saturated heterocycles. The molecule has 0 radical (unpaired) electrons. The fourth-order valence-electron chi connectivity index (χ4n) is 7.18. The summed E-state index contributed by atoms with van der Waals surface area (Å²) in [5.41, 5.74) is 1.24.